The molecule has 0 amide bonds. The first kappa shape index (κ1) is 11.0. The molecule has 0 aliphatic carbocycles. The van der Waals surface area contributed by atoms with Crippen LogP contribution in [0.15, 0.2) is 42.2 Å². The standard InChI is InChI=1S/C12H11NO2/c1-2-15-9-11(8-13)12(14)10-6-4-3-5-7-10/h3-7,9H,2H2,1H3/b11-9+. The van der Waals surface area contributed by atoms with Gasteiger partial charge in [0.25, 0.3) is 0 Å². The number of hydrogen-bond acceptors (Lipinski definition) is 3. The Balaban J connectivity index is 2.89. The second-order valence-electron chi connectivity index (χ2n) is 2.79. The van der Waals surface area contributed by atoms with Gasteiger partial charge in [-0.2, -0.15) is 5.26 Å². The summed E-state index contributed by atoms with van der Waals surface area (Å²) in [5.41, 5.74) is 0.507. The number of Topliss-reactive ketones (excluding diaryl/α,β-unsaturated/α-hetero) is 1. The molecule has 0 bridgehead atoms. The zero-order chi connectivity index (χ0) is 11.1. The highest BCUT2D eigenvalue weighted by Gasteiger charge is 2.11. The topological polar surface area (TPSA) is 50.1 Å². The van der Waals surface area contributed by atoms with Gasteiger partial charge in [-0.25, -0.2) is 0 Å². The normalized spacial score (nSPS) is 10.5. The monoisotopic (exact) mass is 201 g/mol. The van der Waals surface area contributed by atoms with E-state index in [0.717, 1.165) is 0 Å². The molecular formula is C12H11NO2. The van der Waals surface area contributed by atoms with Crippen LogP contribution in [0.5, 0.6) is 0 Å². The van der Waals surface area contributed by atoms with Crippen molar-refractivity contribution < 1.29 is 9.53 Å². The maximum atomic E-state index is 11.7. The van der Waals surface area contributed by atoms with Crippen molar-refractivity contribution >= 4 is 5.78 Å². The number of allylic oxidation sites excluding steroid dienone is 1. The van der Waals surface area contributed by atoms with Crippen LogP contribution < -0.4 is 0 Å². The van der Waals surface area contributed by atoms with E-state index >= 15 is 0 Å². The van der Waals surface area contributed by atoms with Crippen LogP contribution in [-0.2, 0) is 4.74 Å². The van der Waals surface area contributed by atoms with Crippen LogP contribution in [0.3, 0.4) is 0 Å². The van der Waals surface area contributed by atoms with E-state index < -0.39 is 0 Å². The minimum atomic E-state index is -0.313. The van der Waals surface area contributed by atoms with Crippen LogP contribution in [0.4, 0.5) is 0 Å². The van der Waals surface area contributed by atoms with Crippen molar-refractivity contribution in [2.24, 2.45) is 0 Å². The summed E-state index contributed by atoms with van der Waals surface area (Å²) in [6.07, 6.45) is 1.20. The van der Waals surface area contributed by atoms with Crippen LogP contribution in [-0.4, -0.2) is 12.4 Å². The molecule has 3 nitrogen and oxygen atoms in total. The minimum absolute atomic E-state index is 0.0167. The Hall–Kier alpha value is -2.08. The molecule has 0 spiro atoms. The molecule has 0 fully saturated rings. The fraction of sp³-hybridized carbons (Fsp3) is 0.167. The van der Waals surface area contributed by atoms with E-state index in [1.165, 1.54) is 6.26 Å². The number of hydrogen-bond donors (Lipinski definition) is 0. The number of nitriles is 1. The van der Waals surface area contributed by atoms with Gasteiger partial charge in [0.05, 0.1) is 6.61 Å². The molecule has 0 aliphatic rings. The molecule has 0 atom stereocenters. The van der Waals surface area contributed by atoms with Gasteiger partial charge in [-0.3, -0.25) is 4.79 Å². The lowest BCUT2D eigenvalue weighted by atomic mass is 10.1. The number of rotatable bonds is 4. The number of ether oxygens (including phenoxy) is 1. The van der Waals surface area contributed by atoms with Crippen molar-refractivity contribution in [3.8, 4) is 6.07 Å². The molecule has 1 aromatic rings. The van der Waals surface area contributed by atoms with Gasteiger partial charge in [-0.1, -0.05) is 30.3 Å². The van der Waals surface area contributed by atoms with Crippen LogP contribution >= 0.6 is 0 Å². The van der Waals surface area contributed by atoms with Crippen molar-refractivity contribution in [1.82, 2.24) is 0 Å². The Labute approximate surface area is 88.6 Å². The molecule has 0 N–H and O–H groups in total. The summed E-state index contributed by atoms with van der Waals surface area (Å²) < 4.78 is 4.92. The molecule has 0 saturated carbocycles. The summed E-state index contributed by atoms with van der Waals surface area (Å²) in [5.74, 6) is -0.313. The smallest absolute Gasteiger partial charge is 0.206 e. The molecule has 0 aliphatic heterocycles. The second-order valence-corrected chi connectivity index (χ2v) is 2.79. The van der Waals surface area contributed by atoms with Gasteiger partial charge in [0.15, 0.2) is 0 Å². The Morgan fingerprint density at radius 1 is 1.47 bits per heavy atom. The number of carbonyl (C=O) groups excluding carboxylic acids is 1. The highest BCUT2D eigenvalue weighted by molar-refractivity contribution is 6.11. The van der Waals surface area contributed by atoms with Gasteiger partial charge in [0.2, 0.25) is 5.78 Å². The Bertz CT molecular complexity index is 401. The zero-order valence-corrected chi connectivity index (χ0v) is 8.43. The highest BCUT2D eigenvalue weighted by Crippen LogP contribution is 2.07. The SMILES string of the molecule is CCO/C=C(\C#N)C(=O)c1ccccc1. The Kier molecular flexibility index (Phi) is 4.11. The van der Waals surface area contributed by atoms with Gasteiger partial charge in [0.1, 0.15) is 17.9 Å². The highest BCUT2D eigenvalue weighted by atomic mass is 16.5. The number of benzene rings is 1. The predicted molar refractivity (Wildman–Crippen MR) is 56.1 cm³/mol. The van der Waals surface area contributed by atoms with E-state index in [1.54, 1.807) is 31.2 Å². The van der Waals surface area contributed by atoms with Crippen molar-refractivity contribution in [2.45, 2.75) is 6.92 Å². The van der Waals surface area contributed by atoms with E-state index in [1.807, 2.05) is 12.1 Å². The first-order valence-corrected chi connectivity index (χ1v) is 4.61. The van der Waals surface area contributed by atoms with Gasteiger partial charge < -0.3 is 4.74 Å². The third kappa shape index (κ3) is 2.96. The number of nitrogens with zero attached hydrogens (tertiary/aromatic N) is 1. The molecule has 0 unspecified atom stereocenters. The van der Waals surface area contributed by atoms with Gasteiger partial charge >= 0.3 is 0 Å². The molecular weight excluding hydrogens is 190 g/mol. The van der Waals surface area contributed by atoms with E-state index in [0.29, 0.717) is 12.2 Å². The molecule has 1 aromatic carbocycles. The molecule has 0 saturated heterocycles. The largest absolute Gasteiger partial charge is 0.500 e. The average molecular weight is 201 g/mol. The summed E-state index contributed by atoms with van der Waals surface area (Å²) in [4.78, 5) is 11.7. The Morgan fingerprint density at radius 3 is 2.67 bits per heavy atom. The van der Waals surface area contributed by atoms with Gasteiger partial charge in [-0.15, -0.1) is 0 Å². The maximum absolute atomic E-state index is 11.7. The fourth-order valence-corrected chi connectivity index (χ4v) is 1.04. The third-order valence-corrected chi connectivity index (χ3v) is 1.77. The minimum Gasteiger partial charge on any atom is -0.500 e. The fourth-order valence-electron chi connectivity index (χ4n) is 1.04. The predicted octanol–water partition coefficient (Wildman–Crippen LogP) is 2.31. The zero-order valence-electron chi connectivity index (χ0n) is 8.43. The van der Waals surface area contributed by atoms with Crippen LogP contribution in [0.2, 0.25) is 0 Å². The maximum Gasteiger partial charge on any atom is 0.206 e. The lowest BCUT2D eigenvalue weighted by Crippen LogP contribution is -2.02. The molecule has 1 rings (SSSR count). The van der Waals surface area contributed by atoms with Crippen LogP contribution in [0.25, 0.3) is 0 Å². The summed E-state index contributed by atoms with van der Waals surface area (Å²) in [5, 5.41) is 8.77. The summed E-state index contributed by atoms with van der Waals surface area (Å²) in [7, 11) is 0. The first-order valence-electron chi connectivity index (χ1n) is 4.61. The van der Waals surface area contributed by atoms with Crippen LogP contribution in [0, 0.1) is 11.3 Å². The molecule has 3 heteroatoms. The van der Waals surface area contributed by atoms with Crippen LogP contribution in [0.1, 0.15) is 17.3 Å². The van der Waals surface area contributed by atoms with Gasteiger partial charge in [0, 0.05) is 5.56 Å². The van der Waals surface area contributed by atoms with E-state index in [2.05, 4.69) is 0 Å². The second kappa shape index (κ2) is 5.61. The summed E-state index contributed by atoms with van der Waals surface area (Å²) >= 11 is 0. The number of carbonyl (C=O) groups is 1. The van der Waals surface area contributed by atoms with E-state index in [4.69, 9.17) is 10.00 Å². The van der Waals surface area contributed by atoms with E-state index in [9.17, 15) is 4.79 Å². The average Bonchev–Trinajstić information content (AvgIpc) is 2.31. The molecule has 15 heavy (non-hydrogen) atoms. The quantitative estimate of drug-likeness (QED) is 0.325. The summed E-state index contributed by atoms with van der Waals surface area (Å²) in [6.45, 7) is 2.23. The van der Waals surface area contributed by atoms with Crippen molar-refractivity contribution in [2.75, 3.05) is 6.61 Å². The Morgan fingerprint density at radius 2 is 2.13 bits per heavy atom. The summed E-state index contributed by atoms with van der Waals surface area (Å²) in [6, 6.07) is 10.5. The number of ketones is 1. The van der Waals surface area contributed by atoms with E-state index in [-0.39, 0.29) is 11.4 Å². The molecule has 76 valence electrons. The lowest BCUT2D eigenvalue weighted by Gasteiger charge is -1.99. The molecule has 0 radical (unpaired) electrons. The lowest BCUT2D eigenvalue weighted by molar-refractivity contribution is 0.103. The molecule has 0 aromatic heterocycles. The first-order chi connectivity index (χ1) is 7.29. The van der Waals surface area contributed by atoms with Crippen molar-refractivity contribution in [3.05, 3.63) is 47.7 Å². The molecule has 0 heterocycles. The van der Waals surface area contributed by atoms with Gasteiger partial charge in [-0.05, 0) is 6.92 Å². The van der Waals surface area contributed by atoms with Crippen molar-refractivity contribution in [3.63, 3.8) is 0 Å². The van der Waals surface area contributed by atoms with Crippen molar-refractivity contribution in [1.29, 1.82) is 5.26 Å². The third-order valence-electron chi connectivity index (χ3n) is 1.77.